The average Bonchev–Trinajstić information content (AvgIpc) is 2.84. The molecule has 0 radical (unpaired) electrons. The first-order valence-electron chi connectivity index (χ1n) is 5.29. The van der Waals surface area contributed by atoms with E-state index in [0.717, 1.165) is 31.7 Å². The van der Waals surface area contributed by atoms with Crippen molar-refractivity contribution in [2.45, 2.75) is 38.1 Å². The Labute approximate surface area is 91.2 Å². The molecule has 2 rings (SSSR count). The largest absolute Gasteiger partial charge is 0.356 e. The van der Waals surface area contributed by atoms with Gasteiger partial charge in [-0.25, -0.2) is 0 Å². The Bertz CT molecular complexity index is 206. The van der Waals surface area contributed by atoms with Crippen LogP contribution in [-0.2, 0) is 4.79 Å². The third kappa shape index (κ3) is 3.14. The standard InChI is InChI=1S/C10H18N2O.ClH/c11-9-4-3-8(5-9)10(13)12-6-7-1-2-7;/h7-9H,1-6,11H2,(H,12,13);1H. The van der Waals surface area contributed by atoms with Crippen molar-refractivity contribution in [3.05, 3.63) is 0 Å². The second-order valence-corrected chi connectivity index (χ2v) is 4.46. The third-order valence-electron chi connectivity index (χ3n) is 3.11. The number of halogens is 1. The van der Waals surface area contributed by atoms with E-state index in [4.69, 9.17) is 5.73 Å². The highest BCUT2D eigenvalue weighted by atomic mass is 35.5. The van der Waals surface area contributed by atoms with E-state index in [1.165, 1.54) is 12.8 Å². The van der Waals surface area contributed by atoms with E-state index in [-0.39, 0.29) is 30.3 Å². The number of nitrogens with one attached hydrogen (secondary N) is 1. The number of hydrogen-bond acceptors (Lipinski definition) is 2. The highest BCUT2D eigenvalue weighted by Crippen LogP contribution is 2.28. The first-order chi connectivity index (χ1) is 6.25. The molecule has 2 atom stereocenters. The number of carbonyl (C=O) groups excluding carboxylic acids is 1. The van der Waals surface area contributed by atoms with E-state index >= 15 is 0 Å². The van der Waals surface area contributed by atoms with Crippen LogP contribution in [0.2, 0.25) is 0 Å². The van der Waals surface area contributed by atoms with Crippen LogP contribution in [0.4, 0.5) is 0 Å². The van der Waals surface area contributed by atoms with Gasteiger partial charge in [0.25, 0.3) is 0 Å². The van der Waals surface area contributed by atoms with Gasteiger partial charge in [-0.05, 0) is 38.0 Å². The Balaban J connectivity index is 0.000000980. The zero-order chi connectivity index (χ0) is 9.26. The molecule has 2 fully saturated rings. The van der Waals surface area contributed by atoms with Crippen LogP contribution in [0.3, 0.4) is 0 Å². The molecule has 0 bridgehead atoms. The van der Waals surface area contributed by atoms with E-state index in [2.05, 4.69) is 5.32 Å². The van der Waals surface area contributed by atoms with Crippen molar-refractivity contribution in [2.24, 2.45) is 17.6 Å². The van der Waals surface area contributed by atoms with Crippen LogP contribution in [0.5, 0.6) is 0 Å². The maximum atomic E-state index is 11.6. The van der Waals surface area contributed by atoms with Gasteiger partial charge in [-0.2, -0.15) is 0 Å². The number of hydrogen-bond donors (Lipinski definition) is 2. The average molecular weight is 219 g/mol. The monoisotopic (exact) mass is 218 g/mol. The normalized spacial score (nSPS) is 30.9. The highest BCUT2D eigenvalue weighted by molar-refractivity contribution is 5.85. The molecule has 0 aromatic heterocycles. The summed E-state index contributed by atoms with van der Waals surface area (Å²) in [6.07, 6.45) is 5.48. The van der Waals surface area contributed by atoms with E-state index in [1.807, 2.05) is 0 Å². The van der Waals surface area contributed by atoms with Crippen LogP contribution < -0.4 is 11.1 Å². The van der Waals surface area contributed by atoms with Crippen molar-refractivity contribution < 1.29 is 4.79 Å². The molecule has 3 N–H and O–H groups in total. The summed E-state index contributed by atoms with van der Waals surface area (Å²) in [5.74, 6) is 1.22. The lowest BCUT2D eigenvalue weighted by molar-refractivity contribution is -0.124. The summed E-state index contributed by atoms with van der Waals surface area (Å²) in [6, 6.07) is 0.261. The van der Waals surface area contributed by atoms with Crippen molar-refractivity contribution in [1.29, 1.82) is 0 Å². The van der Waals surface area contributed by atoms with Crippen molar-refractivity contribution in [3.8, 4) is 0 Å². The Kier molecular flexibility index (Phi) is 4.20. The molecule has 0 saturated heterocycles. The van der Waals surface area contributed by atoms with E-state index in [0.29, 0.717) is 0 Å². The maximum absolute atomic E-state index is 11.6. The predicted molar refractivity (Wildman–Crippen MR) is 58.3 cm³/mol. The molecule has 0 aliphatic heterocycles. The topological polar surface area (TPSA) is 55.1 Å². The fraction of sp³-hybridized carbons (Fsp3) is 0.900. The quantitative estimate of drug-likeness (QED) is 0.745. The van der Waals surface area contributed by atoms with Crippen molar-refractivity contribution in [2.75, 3.05) is 6.54 Å². The zero-order valence-corrected chi connectivity index (χ0v) is 9.19. The van der Waals surface area contributed by atoms with Gasteiger partial charge < -0.3 is 11.1 Å². The summed E-state index contributed by atoms with van der Waals surface area (Å²) in [7, 11) is 0. The van der Waals surface area contributed by atoms with Crippen molar-refractivity contribution in [3.63, 3.8) is 0 Å². The Morgan fingerprint density at radius 1 is 1.29 bits per heavy atom. The molecule has 0 spiro atoms. The number of nitrogens with two attached hydrogens (primary N) is 1. The lowest BCUT2D eigenvalue weighted by Gasteiger charge is -2.09. The highest BCUT2D eigenvalue weighted by Gasteiger charge is 2.29. The molecule has 2 unspecified atom stereocenters. The maximum Gasteiger partial charge on any atom is 0.223 e. The van der Waals surface area contributed by atoms with Crippen LogP contribution in [0, 0.1) is 11.8 Å². The van der Waals surface area contributed by atoms with Crippen LogP contribution in [0.15, 0.2) is 0 Å². The fourth-order valence-electron chi connectivity index (χ4n) is 1.97. The van der Waals surface area contributed by atoms with Crippen molar-refractivity contribution >= 4 is 18.3 Å². The third-order valence-corrected chi connectivity index (χ3v) is 3.11. The lowest BCUT2D eigenvalue weighted by atomic mass is 10.1. The Morgan fingerprint density at radius 3 is 2.50 bits per heavy atom. The van der Waals surface area contributed by atoms with Crippen molar-refractivity contribution in [1.82, 2.24) is 5.32 Å². The molecule has 0 heterocycles. The molecule has 0 aromatic carbocycles. The number of carbonyl (C=O) groups is 1. The second-order valence-electron chi connectivity index (χ2n) is 4.46. The Morgan fingerprint density at radius 2 is 2.00 bits per heavy atom. The summed E-state index contributed by atoms with van der Waals surface area (Å²) < 4.78 is 0. The van der Waals surface area contributed by atoms with Crippen LogP contribution in [0.1, 0.15) is 32.1 Å². The second kappa shape index (κ2) is 4.99. The summed E-state index contributed by atoms with van der Waals surface area (Å²) in [4.78, 5) is 11.6. The molecule has 1 amide bonds. The molecule has 2 aliphatic carbocycles. The van der Waals surface area contributed by atoms with Crippen LogP contribution in [-0.4, -0.2) is 18.5 Å². The van der Waals surface area contributed by atoms with Gasteiger partial charge in [0.2, 0.25) is 5.91 Å². The molecule has 0 aromatic rings. The molecule has 82 valence electrons. The van der Waals surface area contributed by atoms with Crippen LogP contribution in [0.25, 0.3) is 0 Å². The molecule has 14 heavy (non-hydrogen) atoms. The molecule has 3 nitrogen and oxygen atoms in total. The van der Waals surface area contributed by atoms with Gasteiger partial charge in [0, 0.05) is 18.5 Å². The molecule has 2 saturated carbocycles. The summed E-state index contributed by atoms with van der Waals surface area (Å²) in [6.45, 7) is 0.893. The van der Waals surface area contributed by atoms with Gasteiger partial charge in [0.1, 0.15) is 0 Å². The summed E-state index contributed by atoms with van der Waals surface area (Å²) in [5.41, 5.74) is 5.75. The van der Waals surface area contributed by atoms with E-state index < -0.39 is 0 Å². The summed E-state index contributed by atoms with van der Waals surface area (Å²) >= 11 is 0. The smallest absolute Gasteiger partial charge is 0.223 e. The minimum atomic E-state index is 0. The molecular weight excluding hydrogens is 200 g/mol. The van der Waals surface area contributed by atoms with E-state index in [1.54, 1.807) is 0 Å². The molecule has 4 heteroatoms. The van der Waals surface area contributed by atoms with Gasteiger partial charge >= 0.3 is 0 Å². The molecule has 2 aliphatic rings. The van der Waals surface area contributed by atoms with Gasteiger partial charge in [-0.15, -0.1) is 12.4 Å². The van der Waals surface area contributed by atoms with Gasteiger partial charge in [0.15, 0.2) is 0 Å². The fourth-order valence-corrected chi connectivity index (χ4v) is 1.97. The van der Waals surface area contributed by atoms with Gasteiger partial charge in [-0.3, -0.25) is 4.79 Å². The first kappa shape index (κ1) is 11.8. The molecular formula is C10H19ClN2O. The SMILES string of the molecule is Cl.NC1CCC(C(=O)NCC2CC2)C1. The first-order valence-corrected chi connectivity index (χ1v) is 5.29. The van der Waals surface area contributed by atoms with E-state index in [9.17, 15) is 4.79 Å². The van der Waals surface area contributed by atoms with Crippen LogP contribution >= 0.6 is 12.4 Å². The Hall–Kier alpha value is -0.280. The predicted octanol–water partition coefficient (Wildman–Crippen LogP) is 1.06. The van der Waals surface area contributed by atoms with Gasteiger partial charge in [-0.1, -0.05) is 0 Å². The lowest BCUT2D eigenvalue weighted by Crippen LogP contribution is -2.31. The summed E-state index contributed by atoms with van der Waals surface area (Å²) in [5, 5.41) is 3.01. The number of amides is 1. The minimum absolute atomic E-state index is 0. The number of rotatable bonds is 3. The zero-order valence-electron chi connectivity index (χ0n) is 8.37. The van der Waals surface area contributed by atoms with Gasteiger partial charge in [0.05, 0.1) is 0 Å². The minimum Gasteiger partial charge on any atom is -0.356 e.